The topological polar surface area (TPSA) is 32.7 Å². The summed E-state index contributed by atoms with van der Waals surface area (Å²) in [5.41, 5.74) is -0.687. The number of ether oxygens (including phenoxy) is 1. The lowest BCUT2D eigenvalue weighted by atomic mass is 9.93. The summed E-state index contributed by atoms with van der Waals surface area (Å²) in [4.78, 5) is 2.32. The van der Waals surface area contributed by atoms with E-state index in [9.17, 15) is 18.3 Å². The number of hydrogen-bond donors (Lipinski definition) is 1. The van der Waals surface area contributed by atoms with Gasteiger partial charge in [-0.2, -0.15) is 13.2 Å². The van der Waals surface area contributed by atoms with E-state index >= 15 is 0 Å². The van der Waals surface area contributed by atoms with Crippen LogP contribution in [0.4, 0.5) is 13.2 Å². The van der Waals surface area contributed by atoms with E-state index in [2.05, 4.69) is 11.8 Å². The van der Waals surface area contributed by atoms with Gasteiger partial charge >= 0.3 is 6.18 Å². The summed E-state index contributed by atoms with van der Waals surface area (Å²) in [5, 5.41) is 9.53. The zero-order valence-electron chi connectivity index (χ0n) is 12.6. The fraction of sp³-hybridized carbons (Fsp3) is 0.625. The van der Waals surface area contributed by atoms with Crippen molar-refractivity contribution < 1.29 is 23.0 Å². The van der Waals surface area contributed by atoms with Crippen molar-refractivity contribution in [3.63, 3.8) is 0 Å². The number of aliphatic hydroxyl groups is 1. The fourth-order valence-corrected chi connectivity index (χ4v) is 2.82. The van der Waals surface area contributed by atoms with E-state index < -0.39 is 11.7 Å². The van der Waals surface area contributed by atoms with Gasteiger partial charge < -0.3 is 14.7 Å². The molecular formula is C16H22F3NO2. The number of hydrogen-bond acceptors (Lipinski definition) is 3. The Hall–Kier alpha value is -1.27. The van der Waals surface area contributed by atoms with Crippen LogP contribution in [-0.2, 0) is 6.18 Å². The van der Waals surface area contributed by atoms with Gasteiger partial charge in [0.25, 0.3) is 0 Å². The van der Waals surface area contributed by atoms with Gasteiger partial charge in [-0.25, -0.2) is 0 Å². The maximum atomic E-state index is 12.5. The molecule has 0 amide bonds. The third kappa shape index (κ3) is 4.36. The molecule has 2 rings (SSSR count). The summed E-state index contributed by atoms with van der Waals surface area (Å²) in [7, 11) is 0. The molecule has 1 heterocycles. The smallest absolute Gasteiger partial charge is 0.416 e. The van der Waals surface area contributed by atoms with Crippen molar-refractivity contribution in [1.29, 1.82) is 0 Å². The van der Waals surface area contributed by atoms with Crippen LogP contribution < -0.4 is 4.74 Å². The van der Waals surface area contributed by atoms with Crippen LogP contribution >= 0.6 is 0 Å². The van der Waals surface area contributed by atoms with Crippen molar-refractivity contribution >= 4 is 0 Å². The maximum Gasteiger partial charge on any atom is 0.416 e. The van der Waals surface area contributed by atoms with E-state index in [0.717, 1.165) is 38.2 Å². The van der Waals surface area contributed by atoms with Crippen LogP contribution in [0, 0.1) is 11.8 Å². The van der Waals surface area contributed by atoms with E-state index in [1.54, 1.807) is 0 Å². The molecule has 0 aromatic heterocycles. The van der Waals surface area contributed by atoms with Gasteiger partial charge in [0.15, 0.2) is 0 Å². The Balaban J connectivity index is 1.88. The normalized spacial score (nSPS) is 21.0. The average molecular weight is 317 g/mol. The number of likely N-dealkylation sites (tertiary alicyclic amines) is 1. The molecule has 0 spiro atoms. The highest BCUT2D eigenvalue weighted by molar-refractivity contribution is 5.28. The molecule has 1 aliphatic rings. The third-order valence-corrected chi connectivity index (χ3v) is 4.30. The van der Waals surface area contributed by atoms with Gasteiger partial charge in [0.1, 0.15) is 5.75 Å². The molecule has 1 saturated heterocycles. The van der Waals surface area contributed by atoms with Crippen LogP contribution in [0.1, 0.15) is 18.9 Å². The van der Waals surface area contributed by atoms with Crippen LogP contribution in [0.15, 0.2) is 24.3 Å². The lowest BCUT2D eigenvalue weighted by Crippen LogP contribution is -2.28. The van der Waals surface area contributed by atoms with Gasteiger partial charge in [0.05, 0.1) is 12.2 Å². The number of alkyl halides is 3. The number of rotatable bonds is 6. The predicted molar refractivity (Wildman–Crippen MR) is 77.7 cm³/mol. The maximum absolute atomic E-state index is 12.5. The van der Waals surface area contributed by atoms with Crippen LogP contribution in [0.5, 0.6) is 5.75 Å². The van der Waals surface area contributed by atoms with Crippen molar-refractivity contribution in [2.24, 2.45) is 11.8 Å². The highest BCUT2D eigenvalue weighted by Crippen LogP contribution is 2.30. The summed E-state index contributed by atoms with van der Waals surface area (Å²) in [5.74, 6) is 0.787. The minimum atomic E-state index is -4.33. The van der Waals surface area contributed by atoms with Crippen molar-refractivity contribution in [2.45, 2.75) is 19.5 Å². The SMILES string of the molecule is CCN1CCC(C(CO)COc2ccc(C(F)(F)F)cc2)C1. The highest BCUT2D eigenvalue weighted by Gasteiger charge is 2.31. The van der Waals surface area contributed by atoms with Gasteiger partial charge in [0.2, 0.25) is 0 Å². The average Bonchev–Trinajstić information content (AvgIpc) is 2.96. The van der Waals surface area contributed by atoms with Crippen molar-refractivity contribution in [3.8, 4) is 5.75 Å². The Morgan fingerprint density at radius 1 is 1.32 bits per heavy atom. The lowest BCUT2D eigenvalue weighted by molar-refractivity contribution is -0.137. The number of aliphatic hydroxyl groups excluding tert-OH is 1. The van der Waals surface area contributed by atoms with E-state index in [1.807, 2.05) is 0 Å². The molecule has 1 N–H and O–H groups in total. The lowest BCUT2D eigenvalue weighted by Gasteiger charge is -2.22. The molecule has 1 fully saturated rings. The summed E-state index contributed by atoms with van der Waals surface area (Å²) in [6.07, 6.45) is -3.31. The second kappa shape index (κ2) is 7.33. The highest BCUT2D eigenvalue weighted by atomic mass is 19.4. The third-order valence-electron chi connectivity index (χ3n) is 4.30. The molecule has 6 heteroatoms. The number of nitrogens with zero attached hydrogens (tertiary/aromatic N) is 1. The first-order valence-electron chi connectivity index (χ1n) is 7.57. The first kappa shape index (κ1) is 17.1. The molecule has 22 heavy (non-hydrogen) atoms. The van der Waals surface area contributed by atoms with Crippen LogP contribution in [0.2, 0.25) is 0 Å². The van der Waals surface area contributed by atoms with Gasteiger partial charge in [0, 0.05) is 19.1 Å². The number of benzene rings is 1. The summed E-state index contributed by atoms with van der Waals surface area (Å²) < 4.78 is 43.0. The molecule has 0 aliphatic carbocycles. The Kier molecular flexibility index (Phi) is 5.69. The summed E-state index contributed by atoms with van der Waals surface area (Å²) in [6.45, 7) is 5.42. The largest absolute Gasteiger partial charge is 0.493 e. The van der Waals surface area contributed by atoms with Gasteiger partial charge in [-0.3, -0.25) is 0 Å². The van der Waals surface area contributed by atoms with E-state index in [1.165, 1.54) is 12.1 Å². The predicted octanol–water partition coefficient (Wildman–Crippen LogP) is 3.03. The first-order chi connectivity index (χ1) is 10.4. The van der Waals surface area contributed by atoms with E-state index in [4.69, 9.17) is 4.74 Å². The van der Waals surface area contributed by atoms with E-state index in [0.29, 0.717) is 18.3 Å². The van der Waals surface area contributed by atoms with E-state index in [-0.39, 0.29) is 12.5 Å². The molecular weight excluding hydrogens is 295 g/mol. The second-order valence-corrected chi connectivity index (χ2v) is 5.72. The Morgan fingerprint density at radius 3 is 2.50 bits per heavy atom. The summed E-state index contributed by atoms with van der Waals surface area (Å²) in [6, 6.07) is 4.67. The first-order valence-corrected chi connectivity index (χ1v) is 7.57. The van der Waals surface area contributed by atoms with Crippen molar-refractivity contribution in [1.82, 2.24) is 4.90 Å². The van der Waals surface area contributed by atoms with Crippen molar-refractivity contribution in [2.75, 3.05) is 32.8 Å². The zero-order chi connectivity index (χ0) is 16.2. The molecule has 0 bridgehead atoms. The zero-order valence-corrected chi connectivity index (χ0v) is 12.6. The van der Waals surface area contributed by atoms with Crippen LogP contribution in [0.3, 0.4) is 0 Å². The van der Waals surface area contributed by atoms with Gasteiger partial charge in [-0.1, -0.05) is 6.92 Å². The van der Waals surface area contributed by atoms with Gasteiger partial charge in [-0.05, 0) is 49.7 Å². The Morgan fingerprint density at radius 2 is 2.00 bits per heavy atom. The molecule has 0 radical (unpaired) electrons. The molecule has 1 aliphatic heterocycles. The molecule has 124 valence electrons. The minimum Gasteiger partial charge on any atom is -0.493 e. The molecule has 2 unspecified atom stereocenters. The quantitative estimate of drug-likeness (QED) is 0.875. The standard InChI is InChI=1S/C16H22F3NO2/c1-2-20-8-7-12(9-20)13(10-21)11-22-15-5-3-14(4-6-15)16(17,18)19/h3-6,12-13,21H,2,7-11H2,1H3. The fourth-order valence-electron chi connectivity index (χ4n) is 2.82. The van der Waals surface area contributed by atoms with Gasteiger partial charge in [-0.15, -0.1) is 0 Å². The molecule has 3 nitrogen and oxygen atoms in total. The van der Waals surface area contributed by atoms with Crippen molar-refractivity contribution in [3.05, 3.63) is 29.8 Å². The van der Waals surface area contributed by atoms with Crippen LogP contribution in [-0.4, -0.2) is 42.9 Å². The van der Waals surface area contributed by atoms with Crippen LogP contribution in [0.25, 0.3) is 0 Å². The molecule has 1 aromatic carbocycles. The Bertz CT molecular complexity index is 461. The number of halogens is 3. The monoisotopic (exact) mass is 317 g/mol. The Labute approximate surface area is 128 Å². The molecule has 1 aromatic rings. The minimum absolute atomic E-state index is 0.0128. The second-order valence-electron chi connectivity index (χ2n) is 5.72. The molecule has 2 atom stereocenters. The molecule has 0 saturated carbocycles. The summed E-state index contributed by atoms with van der Waals surface area (Å²) >= 11 is 0.